The van der Waals surface area contributed by atoms with E-state index in [1.165, 1.54) is 5.56 Å². The molecule has 1 aliphatic carbocycles. The Hall–Kier alpha value is -4.13. The molecule has 4 aromatic rings. The molecule has 0 radical (unpaired) electrons. The van der Waals surface area contributed by atoms with E-state index in [9.17, 15) is 4.79 Å². The largest absolute Gasteiger partial charge is 0.271 e. The maximum atomic E-state index is 12.5. The fraction of sp³-hybridized carbons (Fsp3) is 0.222. The van der Waals surface area contributed by atoms with Crippen molar-refractivity contribution in [2.45, 2.75) is 38.1 Å². The van der Waals surface area contributed by atoms with Crippen LogP contribution in [0.5, 0.6) is 0 Å². The Morgan fingerprint density at radius 1 is 0.912 bits per heavy atom. The van der Waals surface area contributed by atoms with Gasteiger partial charge in [0.2, 0.25) is 5.82 Å². The number of aromatic nitrogens is 4. The van der Waals surface area contributed by atoms with Crippen molar-refractivity contribution in [3.8, 4) is 11.4 Å². The quantitative estimate of drug-likeness (QED) is 0.426. The molecule has 0 atom stereocenters. The second-order valence-corrected chi connectivity index (χ2v) is 8.51. The monoisotopic (exact) mass is 450 g/mol. The van der Waals surface area contributed by atoms with Crippen LogP contribution in [-0.2, 0) is 6.54 Å². The molecule has 1 amide bonds. The zero-order chi connectivity index (χ0) is 23.2. The lowest BCUT2D eigenvalue weighted by Gasteiger charge is -2.23. The summed E-state index contributed by atoms with van der Waals surface area (Å²) in [5.74, 6) is 0.967. The van der Waals surface area contributed by atoms with E-state index in [0.717, 1.165) is 42.5 Å². The van der Waals surface area contributed by atoms with Crippen molar-refractivity contribution in [1.29, 1.82) is 0 Å². The van der Waals surface area contributed by atoms with Gasteiger partial charge in [-0.1, -0.05) is 72.8 Å². The van der Waals surface area contributed by atoms with Crippen LogP contribution in [0.4, 0.5) is 0 Å². The molecular weight excluding hydrogens is 424 g/mol. The number of hydrogen-bond acceptors (Lipinski definition) is 5. The van der Waals surface area contributed by atoms with E-state index in [0.29, 0.717) is 23.9 Å². The van der Waals surface area contributed by atoms with E-state index >= 15 is 0 Å². The van der Waals surface area contributed by atoms with Crippen LogP contribution in [-0.4, -0.2) is 31.8 Å². The average molecular weight is 451 g/mol. The van der Waals surface area contributed by atoms with Crippen LogP contribution >= 0.6 is 0 Å². The molecule has 7 heteroatoms. The SMILES string of the molecule is O=C(NN=C1CCC(c2ccccc2)CC1)c1ccc(Cn2nnc(-c3ccccc3)n2)cc1. The first-order valence-corrected chi connectivity index (χ1v) is 11.6. The molecule has 0 bridgehead atoms. The van der Waals surface area contributed by atoms with Crippen LogP contribution < -0.4 is 5.43 Å². The first-order chi connectivity index (χ1) is 16.7. The highest BCUT2D eigenvalue weighted by atomic mass is 16.2. The van der Waals surface area contributed by atoms with Gasteiger partial charge >= 0.3 is 0 Å². The number of nitrogens with one attached hydrogen (secondary N) is 1. The third-order valence-electron chi connectivity index (χ3n) is 6.17. The molecule has 0 unspecified atom stereocenters. The zero-order valence-corrected chi connectivity index (χ0v) is 18.8. The molecule has 1 aromatic heterocycles. The minimum absolute atomic E-state index is 0.200. The van der Waals surface area contributed by atoms with Gasteiger partial charge in [-0.3, -0.25) is 4.79 Å². The van der Waals surface area contributed by atoms with Crippen molar-refractivity contribution >= 4 is 11.6 Å². The van der Waals surface area contributed by atoms with Crippen molar-refractivity contribution < 1.29 is 4.79 Å². The van der Waals surface area contributed by atoms with Gasteiger partial charge in [0, 0.05) is 16.8 Å². The summed E-state index contributed by atoms with van der Waals surface area (Å²) in [4.78, 5) is 14.1. The van der Waals surface area contributed by atoms with Gasteiger partial charge in [0.1, 0.15) is 0 Å². The van der Waals surface area contributed by atoms with E-state index in [-0.39, 0.29) is 5.91 Å². The summed E-state index contributed by atoms with van der Waals surface area (Å²) >= 11 is 0. The van der Waals surface area contributed by atoms with Gasteiger partial charge < -0.3 is 0 Å². The first-order valence-electron chi connectivity index (χ1n) is 11.6. The molecule has 1 saturated carbocycles. The van der Waals surface area contributed by atoms with Gasteiger partial charge in [-0.2, -0.15) is 9.90 Å². The average Bonchev–Trinajstić information content (AvgIpc) is 3.37. The van der Waals surface area contributed by atoms with Gasteiger partial charge in [0.15, 0.2) is 0 Å². The minimum atomic E-state index is -0.200. The maximum absolute atomic E-state index is 12.5. The van der Waals surface area contributed by atoms with Gasteiger partial charge in [0.05, 0.1) is 6.54 Å². The molecule has 1 aliphatic rings. The summed E-state index contributed by atoms with van der Waals surface area (Å²) in [6.07, 6.45) is 3.95. The summed E-state index contributed by atoms with van der Waals surface area (Å²) in [7, 11) is 0. The molecule has 170 valence electrons. The van der Waals surface area contributed by atoms with Crippen molar-refractivity contribution in [3.05, 3.63) is 102 Å². The van der Waals surface area contributed by atoms with Crippen LogP contribution in [0.15, 0.2) is 90.0 Å². The van der Waals surface area contributed by atoms with Crippen LogP contribution in [0.2, 0.25) is 0 Å². The Morgan fingerprint density at radius 2 is 1.59 bits per heavy atom. The Balaban J connectivity index is 1.14. The molecule has 1 heterocycles. The number of nitrogens with zero attached hydrogens (tertiary/aromatic N) is 5. The molecule has 5 rings (SSSR count). The standard InChI is InChI=1S/C27H26N6O/c34-27(30-28-25-17-15-22(16-18-25)21-7-3-1-4-8-21)24-13-11-20(12-14-24)19-33-31-26(29-32-33)23-9-5-2-6-10-23/h1-14,22H,15-19H2,(H,30,34). The summed E-state index contributed by atoms with van der Waals surface area (Å²) in [6, 6.07) is 27.8. The van der Waals surface area contributed by atoms with Crippen molar-refractivity contribution in [2.75, 3.05) is 0 Å². The zero-order valence-electron chi connectivity index (χ0n) is 18.8. The number of hydrazone groups is 1. The van der Waals surface area contributed by atoms with E-state index in [4.69, 9.17) is 0 Å². The Morgan fingerprint density at radius 3 is 2.29 bits per heavy atom. The number of tetrazole rings is 1. The smallest absolute Gasteiger partial charge is 0.267 e. The summed E-state index contributed by atoms with van der Waals surface area (Å²) in [5, 5.41) is 17.1. The lowest BCUT2D eigenvalue weighted by atomic mass is 9.83. The van der Waals surface area contributed by atoms with Crippen LogP contribution in [0.25, 0.3) is 11.4 Å². The second-order valence-electron chi connectivity index (χ2n) is 8.51. The highest BCUT2D eigenvalue weighted by Gasteiger charge is 2.19. The topological polar surface area (TPSA) is 85.1 Å². The molecule has 1 N–H and O–H groups in total. The fourth-order valence-corrected chi connectivity index (χ4v) is 4.25. The predicted molar refractivity (Wildman–Crippen MR) is 131 cm³/mol. The van der Waals surface area contributed by atoms with Crippen LogP contribution in [0.3, 0.4) is 0 Å². The van der Waals surface area contributed by atoms with Gasteiger partial charge in [-0.25, -0.2) is 5.43 Å². The van der Waals surface area contributed by atoms with Crippen molar-refractivity contribution in [1.82, 2.24) is 25.6 Å². The van der Waals surface area contributed by atoms with Crippen LogP contribution in [0, 0.1) is 0 Å². The number of rotatable bonds is 6. The second kappa shape index (κ2) is 10.2. The van der Waals surface area contributed by atoms with E-state index in [2.05, 4.69) is 56.3 Å². The normalized spacial score (nSPS) is 15.6. The Bertz CT molecular complexity index is 1260. The molecular formula is C27H26N6O. The summed E-state index contributed by atoms with van der Waals surface area (Å²) in [5.41, 5.74) is 7.66. The molecule has 0 aliphatic heterocycles. The van der Waals surface area contributed by atoms with Gasteiger partial charge in [0.25, 0.3) is 5.91 Å². The lowest BCUT2D eigenvalue weighted by molar-refractivity contribution is 0.0954. The van der Waals surface area contributed by atoms with Crippen molar-refractivity contribution in [3.63, 3.8) is 0 Å². The molecule has 0 spiro atoms. The maximum Gasteiger partial charge on any atom is 0.271 e. The number of hydrogen-bond donors (Lipinski definition) is 1. The van der Waals surface area contributed by atoms with Crippen molar-refractivity contribution in [2.24, 2.45) is 5.10 Å². The number of carbonyl (C=O) groups excluding carboxylic acids is 1. The lowest BCUT2D eigenvalue weighted by Crippen LogP contribution is -2.22. The Kier molecular flexibility index (Phi) is 6.52. The molecule has 0 saturated heterocycles. The third-order valence-corrected chi connectivity index (χ3v) is 6.17. The van der Waals surface area contributed by atoms with Crippen LogP contribution in [0.1, 0.15) is 53.1 Å². The van der Waals surface area contributed by atoms with E-state index in [1.54, 1.807) is 16.9 Å². The van der Waals surface area contributed by atoms with Gasteiger partial charge in [-0.15, -0.1) is 10.2 Å². The predicted octanol–water partition coefficient (Wildman–Crippen LogP) is 4.83. The highest BCUT2D eigenvalue weighted by molar-refractivity contribution is 5.95. The number of carbonyl (C=O) groups is 1. The Labute approximate surface area is 198 Å². The van der Waals surface area contributed by atoms with E-state index in [1.807, 2.05) is 42.5 Å². The molecule has 3 aromatic carbocycles. The van der Waals surface area contributed by atoms with Gasteiger partial charge in [-0.05, 0) is 60.1 Å². The highest BCUT2D eigenvalue weighted by Crippen LogP contribution is 2.31. The molecule has 1 fully saturated rings. The fourth-order valence-electron chi connectivity index (χ4n) is 4.25. The molecule has 7 nitrogen and oxygen atoms in total. The molecule has 34 heavy (non-hydrogen) atoms. The van der Waals surface area contributed by atoms with E-state index < -0.39 is 0 Å². The summed E-state index contributed by atoms with van der Waals surface area (Å²) in [6.45, 7) is 0.479. The minimum Gasteiger partial charge on any atom is -0.267 e. The number of amides is 1. The third kappa shape index (κ3) is 5.26. The number of benzene rings is 3. The summed E-state index contributed by atoms with van der Waals surface area (Å²) < 4.78 is 0. The first kappa shape index (κ1) is 21.7.